The van der Waals surface area contributed by atoms with Crippen molar-refractivity contribution < 1.29 is 19.2 Å². The highest BCUT2D eigenvalue weighted by Crippen LogP contribution is 2.43. The molecule has 1 aliphatic carbocycles. The number of allylic oxidation sites excluding steroid dienone is 4. The van der Waals surface area contributed by atoms with Gasteiger partial charge in [-0.05, 0) is 36.1 Å². The van der Waals surface area contributed by atoms with Gasteiger partial charge in [0.05, 0.1) is 0 Å². The van der Waals surface area contributed by atoms with Crippen molar-refractivity contribution in [1.82, 2.24) is 0 Å². The van der Waals surface area contributed by atoms with E-state index in [1.807, 2.05) is 24.3 Å². The molecule has 0 saturated carbocycles. The lowest BCUT2D eigenvalue weighted by Gasteiger charge is -2.26. The van der Waals surface area contributed by atoms with Gasteiger partial charge >= 0.3 is 7.82 Å². The van der Waals surface area contributed by atoms with Crippen LogP contribution in [0.3, 0.4) is 0 Å². The van der Waals surface area contributed by atoms with Gasteiger partial charge in [-0.25, -0.2) is 4.57 Å². The minimum absolute atomic E-state index is 0.662. The molecule has 4 nitrogen and oxygen atoms in total. The van der Waals surface area contributed by atoms with E-state index in [1.54, 1.807) is 0 Å². The third-order valence-corrected chi connectivity index (χ3v) is 3.78. The summed E-state index contributed by atoms with van der Waals surface area (Å²) in [5, 5.41) is 0. The van der Waals surface area contributed by atoms with Gasteiger partial charge in [-0.3, -0.25) is 0 Å². The van der Waals surface area contributed by atoms with Gasteiger partial charge in [-0.15, -0.1) is 0 Å². The maximum absolute atomic E-state index is 8.88. The third-order valence-electron chi connectivity index (χ3n) is 3.06. The minimum Gasteiger partial charge on any atom is -0.303 e. The molecule has 0 aromatic heterocycles. The highest BCUT2D eigenvalue weighted by Gasteiger charge is 2.31. The largest absolute Gasteiger partial charge is 0.466 e. The molecular weight excluding hydrogens is 334 g/mol. The van der Waals surface area contributed by atoms with Crippen molar-refractivity contribution in [2.24, 2.45) is 0 Å². The van der Waals surface area contributed by atoms with Crippen LogP contribution in [0.25, 0.3) is 5.57 Å². The Morgan fingerprint density at radius 2 is 1.76 bits per heavy atom. The monoisotopic (exact) mass is 350 g/mol. The average molecular weight is 351 g/mol. The molecule has 1 aromatic carbocycles. The fraction of sp³-hybridized carbons (Fsp3) is 0.286. The van der Waals surface area contributed by atoms with Crippen LogP contribution in [0, 0.1) is 13.8 Å². The second kappa shape index (κ2) is 7.10. The van der Waals surface area contributed by atoms with E-state index >= 15 is 0 Å². The Labute approximate surface area is 134 Å². The van der Waals surface area contributed by atoms with E-state index < -0.39 is 12.2 Å². The predicted octanol–water partition coefficient (Wildman–Crippen LogP) is 3.89. The molecule has 7 heteroatoms. The number of phosphoric acid groups is 1. The van der Waals surface area contributed by atoms with Crippen molar-refractivity contribution in [3.8, 4) is 0 Å². The molecule has 1 aliphatic rings. The number of hydrogen-bond donors (Lipinski definition) is 3. The summed E-state index contributed by atoms with van der Waals surface area (Å²) in [6.07, 6.45) is 6.68. The van der Waals surface area contributed by atoms with Gasteiger partial charge in [-0.2, -0.15) is 0 Å². The number of rotatable bonds is 1. The van der Waals surface area contributed by atoms with E-state index in [-0.39, 0.29) is 0 Å². The minimum atomic E-state index is -4.64. The first-order valence-electron chi connectivity index (χ1n) is 6.12. The molecule has 0 radical (unpaired) electrons. The van der Waals surface area contributed by atoms with Crippen LogP contribution in [-0.4, -0.2) is 19.0 Å². The summed E-state index contributed by atoms with van der Waals surface area (Å²) < 4.78 is 8.08. The van der Waals surface area contributed by atoms with Gasteiger partial charge in [-0.1, -0.05) is 59.6 Å². The Kier molecular flexibility index (Phi) is 6.23. The Balaban J connectivity index is 0.000000383. The summed E-state index contributed by atoms with van der Waals surface area (Å²) in [5.41, 5.74) is 4.65. The molecule has 2 rings (SSSR count). The third kappa shape index (κ3) is 5.95. The molecule has 0 spiro atoms. The fourth-order valence-electron chi connectivity index (χ4n) is 1.94. The molecule has 0 saturated heterocycles. The van der Waals surface area contributed by atoms with Gasteiger partial charge < -0.3 is 14.7 Å². The number of alkyl halides is 2. The van der Waals surface area contributed by atoms with Crippen molar-refractivity contribution >= 4 is 36.6 Å². The van der Waals surface area contributed by atoms with Crippen molar-refractivity contribution in [1.29, 1.82) is 0 Å². The molecule has 0 bridgehead atoms. The fourth-order valence-corrected chi connectivity index (χ4v) is 2.45. The lowest BCUT2D eigenvalue weighted by atomic mass is 9.91. The summed E-state index contributed by atoms with van der Waals surface area (Å²) >= 11 is 12.7. The number of halogens is 2. The first-order chi connectivity index (χ1) is 9.52. The zero-order chi connectivity index (χ0) is 16.3. The van der Waals surface area contributed by atoms with E-state index in [4.69, 9.17) is 42.4 Å². The summed E-state index contributed by atoms with van der Waals surface area (Å²) in [4.78, 5) is 21.6. The SMILES string of the molecule is Cc1cccc(C2=CC=CCC2(Cl)Cl)c1C.O=P(O)(O)O. The van der Waals surface area contributed by atoms with Crippen LogP contribution >= 0.6 is 31.0 Å². The second-order valence-electron chi connectivity index (χ2n) is 4.68. The normalized spacial score (nSPS) is 16.8. The number of hydrogen-bond acceptors (Lipinski definition) is 1. The highest BCUT2D eigenvalue weighted by atomic mass is 35.5. The van der Waals surface area contributed by atoms with Crippen LogP contribution in [0.4, 0.5) is 0 Å². The van der Waals surface area contributed by atoms with Gasteiger partial charge in [0.15, 0.2) is 0 Å². The molecule has 0 atom stereocenters. The zero-order valence-corrected chi connectivity index (χ0v) is 14.0. The van der Waals surface area contributed by atoms with Gasteiger partial charge in [0.25, 0.3) is 0 Å². The molecular formula is C14H17Cl2O4P. The lowest BCUT2D eigenvalue weighted by Crippen LogP contribution is -2.17. The molecule has 0 fully saturated rings. The van der Waals surface area contributed by atoms with Crippen molar-refractivity contribution in [2.75, 3.05) is 0 Å². The molecule has 0 amide bonds. The maximum Gasteiger partial charge on any atom is 0.466 e. The van der Waals surface area contributed by atoms with E-state index in [2.05, 4.69) is 26.0 Å². The van der Waals surface area contributed by atoms with E-state index in [0.717, 1.165) is 11.1 Å². The van der Waals surface area contributed by atoms with Crippen LogP contribution in [-0.2, 0) is 4.57 Å². The lowest BCUT2D eigenvalue weighted by molar-refractivity contribution is 0.275. The molecule has 0 aliphatic heterocycles. The Hall–Kier alpha value is -0.610. The van der Waals surface area contributed by atoms with Crippen molar-refractivity contribution in [3.63, 3.8) is 0 Å². The smallest absolute Gasteiger partial charge is 0.303 e. The van der Waals surface area contributed by atoms with E-state index in [0.29, 0.717) is 6.42 Å². The predicted molar refractivity (Wildman–Crippen MR) is 86.3 cm³/mol. The summed E-state index contributed by atoms with van der Waals surface area (Å²) in [7, 11) is -4.64. The summed E-state index contributed by atoms with van der Waals surface area (Å²) in [5.74, 6) is 0. The highest BCUT2D eigenvalue weighted by molar-refractivity contribution is 7.45. The summed E-state index contributed by atoms with van der Waals surface area (Å²) in [6, 6.07) is 6.22. The van der Waals surface area contributed by atoms with Crippen LogP contribution < -0.4 is 0 Å². The molecule has 3 N–H and O–H groups in total. The molecule has 0 unspecified atom stereocenters. The van der Waals surface area contributed by atoms with Gasteiger partial charge in [0.1, 0.15) is 4.33 Å². The zero-order valence-electron chi connectivity index (χ0n) is 11.6. The van der Waals surface area contributed by atoms with Crippen LogP contribution in [0.15, 0.2) is 36.4 Å². The average Bonchev–Trinajstić information content (AvgIpc) is 2.31. The molecule has 0 heterocycles. The molecule has 21 heavy (non-hydrogen) atoms. The van der Waals surface area contributed by atoms with Crippen molar-refractivity contribution in [3.05, 3.63) is 53.1 Å². The Morgan fingerprint density at radius 1 is 1.19 bits per heavy atom. The van der Waals surface area contributed by atoms with Gasteiger partial charge in [0.2, 0.25) is 0 Å². The van der Waals surface area contributed by atoms with Gasteiger partial charge in [0, 0.05) is 6.42 Å². The number of aryl methyl sites for hydroxylation is 1. The molecule has 116 valence electrons. The van der Waals surface area contributed by atoms with Crippen molar-refractivity contribution in [2.45, 2.75) is 24.6 Å². The first kappa shape index (κ1) is 18.4. The second-order valence-corrected chi connectivity index (χ2v) is 7.19. The van der Waals surface area contributed by atoms with E-state index in [1.165, 1.54) is 11.1 Å². The van der Waals surface area contributed by atoms with Crippen LogP contribution in [0.1, 0.15) is 23.1 Å². The number of benzene rings is 1. The molecule has 1 aromatic rings. The van der Waals surface area contributed by atoms with Crippen LogP contribution in [0.2, 0.25) is 0 Å². The first-order valence-corrected chi connectivity index (χ1v) is 8.44. The standard InChI is InChI=1S/C14H14Cl2.H3O4P/c1-10-6-5-7-12(11(10)2)13-8-3-4-9-14(13,15)16;1-5(2,3)4/h3-8H,9H2,1-2H3;(H3,1,2,3,4). The maximum atomic E-state index is 8.88. The topological polar surface area (TPSA) is 77.8 Å². The Morgan fingerprint density at radius 3 is 2.29 bits per heavy atom. The Bertz CT molecular complexity index is 609. The quantitative estimate of drug-likeness (QED) is 0.530. The van der Waals surface area contributed by atoms with Crippen LogP contribution in [0.5, 0.6) is 0 Å². The summed E-state index contributed by atoms with van der Waals surface area (Å²) in [6.45, 7) is 4.20. The van der Waals surface area contributed by atoms with E-state index in [9.17, 15) is 0 Å².